The van der Waals surface area contributed by atoms with Gasteiger partial charge in [-0.1, -0.05) is 24.3 Å². The first kappa shape index (κ1) is 12.9. The van der Waals surface area contributed by atoms with E-state index in [-0.39, 0.29) is 5.91 Å². The number of benzene rings is 1. The van der Waals surface area contributed by atoms with Crippen molar-refractivity contribution >= 4 is 22.9 Å². The number of aromatic nitrogens is 2. The summed E-state index contributed by atoms with van der Waals surface area (Å²) in [7, 11) is 0. The van der Waals surface area contributed by atoms with E-state index in [9.17, 15) is 4.79 Å². The van der Waals surface area contributed by atoms with Gasteiger partial charge in [0.05, 0.1) is 11.9 Å². The summed E-state index contributed by atoms with van der Waals surface area (Å²) in [5.74, 6) is -0.283. The maximum Gasteiger partial charge on any atom is 0.271 e. The zero-order valence-electron chi connectivity index (χ0n) is 11.1. The van der Waals surface area contributed by atoms with E-state index in [1.807, 2.05) is 30.3 Å². The number of carbonyl (C=O) groups is 1. The fraction of sp³-hybridized carbons (Fsp3) is 0. The van der Waals surface area contributed by atoms with Crippen LogP contribution < -0.4 is 5.43 Å². The van der Waals surface area contributed by atoms with E-state index in [1.54, 1.807) is 30.7 Å². The molecule has 102 valence electrons. The van der Waals surface area contributed by atoms with E-state index in [1.165, 1.54) is 6.21 Å². The Balaban J connectivity index is 1.71. The minimum absolute atomic E-state index is 0.283. The van der Waals surface area contributed by atoms with Crippen LogP contribution in [0.2, 0.25) is 0 Å². The van der Waals surface area contributed by atoms with Gasteiger partial charge in [0.25, 0.3) is 5.91 Å². The summed E-state index contributed by atoms with van der Waals surface area (Å²) in [4.78, 5) is 19.9. The van der Waals surface area contributed by atoms with Gasteiger partial charge in [0, 0.05) is 29.5 Å². The van der Waals surface area contributed by atoms with Crippen molar-refractivity contribution < 1.29 is 4.79 Å². The second-order valence-electron chi connectivity index (χ2n) is 4.39. The molecule has 0 unspecified atom stereocenters. The molecule has 1 aromatic carbocycles. The van der Waals surface area contributed by atoms with E-state index >= 15 is 0 Å². The van der Waals surface area contributed by atoms with Crippen molar-refractivity contribution in [1.29, 1.82) is 0 Å². The Morgan fingerprint density at radius 1 is 1.10 bits per heavy atom. The van der Waals surface area contributed by atoms with Gasteiger partial charge in [-0.3, -0.25) is 14.8 Å². The second kappa shape index (κ2) is 5.92. The molecule has 0 bridgehead atoms. The Morgan fingerprint density at radius 2 is 1.86 bits per heavy atom. The molecule has 3 rings (SSSR count). The average molecular weight is 276 g/mol. The number of carbonyl (C=O) groups excluding carboxylic acids is 1. The van der Waals surface area contributed by atoms with Crippen LogP contribution >= 0.6 is 0 Å². The normalized spacial score (nSPS) is 10.9. The number of pyridine rings is 2. The van der Waals surface area contributed by atoms with Gasteiger partial charge in [0.1, 0.15) is 0 Å². The molecule has 0 aliphatic heterocycles. The fourth-order valence-electron chi connectivity index (χ4n) is 1.90. The van der Waals surface area contributed by atoms with Crippen molar-refractivity contribution in [3.8, 4) is 0 Å². The van der Waals surface area contributed by atoms with Crippen molar-refractivity contribution in [3.63, 3.8) is 0 Å². The molecule has 5 nitrogen and oxygen atoms in total. The third kappa shape index (κ3) is 3.09. The SMILES string of the molecule is O=C(N/N=C/c1cc2ccccc2cn1)c1ccncc1. The summed E-state index contributed by atoms with van der Waals surface area (Å²) in [6, 6.07) is 13.1. The van der Waals surface area contributed by atoms with Crippen LogP contribution in [0.25, 0.3) is 10.8 Å². The van der Waals surface area contributed by atoms with Crippen LogP contribution in [-0.2, 0) is 0 Å². The third-order valence-corrected chi connectivity index (χ3v) is 2.96. The van der Waals surface area contributed by atoms with Crippen LogP contribution in [0.4, 0.5) is 0 Å². The maximum atomic E-state index is 11.8. The fourth-order valence-corrected chi connectivity index (χ4v) is 1.90. The lowest BCUT2D eigenvalue weighted by Crippen LogP contribution is -2.17. The summed E-state index contributed by atoms with van der Waals surface area (Å²) in [6.07, 6.45) is 6.42. The monoisotopic (exact) mass is 276 g/mol. The van der Waals surface area contributed by atoms with Gasteiger partial charge >= 0.3 is 0 Å². The molecule has 0 aliphatic rings. The zero-order valence-corrected chi connectivity index (χ0v) is 11.1. The van der Waals surface area contributed by atoms with Crippen molar-refractivity contribution in [1.82, 2.24) is 15.4 Å². The molecule has 0 atom stereocenters. The maximum absolute atomic E-state index is 11.8. The van der Waals surface area contributed by atoms with Crippen LogP contribution in [-0.4, -0.2) is 22.1 Å². The number of rotatable bonds is 3. The van der Waals surface area contributed by atoms with Crippen LogP contribution in [0.15, 0.2) is 66.2 Å². The molecule has 2 aromatic heterocycles. The minimum Gasteiger partial charge on any atom is -0.267 e. The van der Waals surface area contributed by atoms with Crippen LogP contribution in [0.3, 0.4) is 0 Å². The largest absolute Gasteiger partial charge is 0.271 e. The molecule has 0 fully saturated rings. The lowest BCUT2D eigenvalue weighted by atomic mass is 10.1. The zero-order chi connectivity index (χ0) is 14.5. The summed E-state index contributed by atoms with van der Waals surface area (Å²) in [5.41, 5.74) is 3.65. The Hall–Kier alpha value is -3.08. The average Bonchev–Trinajstić information content (AvgIpc) is 2.55. The quantitative estimate of drug-likeness (QED) is 0.590. The number of nitrogens with one attached hydrogen (secondary N) is 1. The van der Waals surface area contributed by atoms with Crippen molar-refractivity contribution in [3.05, 3.63) is 72.3 Å². The lowest BCUT2D eigenvalue weighted by molar-refractivity contribution is 0.0955. The first-order valence-electron chi connectivity index (χ1n) is 6.41. The van der Waals surface area contributed by atoms with Crippen molar-refractivity contribution in [2.75, 3.05) is 0 Å². The summed E-state index contributed by atoms with van der Waals surface area (Å²) in [6.45, 7) is 0. The summed E-state index contributed by atoms with van der Waals surface area (Å²) >= 11 is 0. The van der Waals surface area contributed by atoms with Crippen LogP contribution in [0.5, 0.6) is 0 Å². The molecular weight excluding hydrogens is 264 g/mol. The number of amides is 1. The highest BCUT2D eigenvalue weighted by molar-refractivity contribution is 5.95. The molecule has 5 heteroatoms. The van der Waals surface area contributed by atoms with Crippen LogP contribution in [0, 0.1) is 0 Å². The minimum atomic E-state index is -0.283. The third-order valence-electron chi connectivity index (χ3n) is 2.96. The Labute approximate surface area is 121 Å². The molecule has 0 aliphatic carbocycles. The smallest absolute Gasteiger partial charge is 0.267 e. The first-order chi connectivity index (χ1) is 10.3. The number of hydrogen-bond acceptors (Lipinski definition) is 4. The standard InChI is InChI=1S/C16H12N4O/c21-16(12-5-7-17-8-6-12)20-19-11-15-9-13-3-1-2-4-14(13)10-18-15/h1-11H,(H,20,21)/b19-11+. The number of hydrazone groups is 1. The first-order valence-corrected chi connectivity index (χ1v) is 6.41. The highest BCUT2D eigenvalue weighted by atomic mass is 16.2. The van der Waals surface area contributed by atoms with Gasteiger partial charge < -0.3 is 0 Å². The van der Waals surface area contributed by atoms with E-state index in [0.717, 1.165) is 10.8 Å². The number of nitrogens with zero attached hydrogens (tertiary/aromatic N) is 3. The van der Waals surface area contributed by atoms with Gasteiger partial charge in [0.2, 0.25) is 0 Å². The summed E-state index contributed by atoms with van der Waals surface area (Å²) < 4.78 is 0. The topological polar surface area (TPSA) is 67.2 Å². The molecule has 1 amide bonds. The molecule has 0 radical (unpaired) electrons. The molecular formula is C16H12N4O. The predicted octanol–water partition coefficient (Wildman–Crippen LogP) is 2.39. The predicted molar refractivity (Wildman–Crippen MR) is 81.0 cm³/mol. The second-order valence-corrected chi connectivity index (χ2v) is 4.39. The highest BCUT2D eigenvalue weighted by Gasteiger charge is 2.02. The lowest BCUT2D eigenvalue weighted by Gasteiger charge is -1.99. The van der Waals surface area contributed by atoms with E-state index in [4.69, 9.17) is 0 Å². The molecule has 0 saturated carbocycles. The van der Waals surface area contributed by atoms with Crippen molar-refractivity contribution in [2.45, 2.75) is 0 Å². The molecule has 1 N–H and O–H groups in total. The van der Waals surface area contributed by atoms with E-state index in [2.05, 4.69) is 20.5 Å². The Morgan fingerprint density at radius 3 is 2.67 bits per heavy atom. The van der Waals surface area contributed by atoms with Gasteiger partial charge in [0.15, 0.2) is 0 Å². The van der Waals surface area contributed by atoms with Gasteiger partial charge in [-0.25, -0.2) is 5.43 Å². The van der Waals surface area contributed by atoms with E-state index < -0.39 is 0 Å². The van der Waals surface area contributed by atoms with Gasteiger partial charge in [-0.15, -0.1) is 0 Å². The highest BCUT2D eigenvalue weighted by Crippen LogP contribution is 2.12. The Bertz CT molecular complexity index is 799. The Kier molecular flexibility index (Phi) is 3.64. The number of hydrogen-bond donors (Lipinski definition) is 1. The van der Waals surface area contributed by atoms with Gasteiger partial charge in [-0.2, -0.15) is 5.10 Å². The number of fused-ring (bicyclic) bond motifs is 1. The van der Waals surface area contributed by atoms with Crippen LogP contribution in [0.1, 0.15) is 16.1 Å². The van der Waals surface area contributed by atoms with Gasteiger partial charge in [-0.05, 0) is 23.6 Å². The molecule has 0 saturated heterocycles. The molecule has 21 heavy (non-hydrogen) atoms. The van der Waals surface area contributed by atoms with Crippen molar-refractivity contribution in [2.24, 2.45) is 5.10 Å². The molecule has 2 heterocycles. The summed E-state index contributed by atoms with van der Waals surface area (Å²) in [5, 5.41) is 6.06. The molecule has 3 aromatic rings. The van der Waals surface area contributed by atoms with E-state index in [0.29, 0.717) is 11.3 Å². The molecule has 0 spiro atoms.